The number of amides is 3. The summed E-state index contributed by atoms with van der Waals surface area (Å²) in [6, 6.07) is 16.6. The maximum absolute atomic E-state index is 11.9. The number of hydrogen-bond donors (Lipinski definition) is 3. The van der Waals surface area contributed by atoms with Crippen LogP contribution in [0.2, 0.25) is 0 Å². The van der Waals surface area contributed by atoms with Crippen LogP contribution >= 0.6 is 0 Å². The van der Waals surface area contributed by atoms with Crippen LogP contribution < -0.4 is 16.0 Å². The number of carbonyl (C=O) groups excluding carboxylic acids is 2. The van der Waals surface area contributed by atoms with Gasteiger partial charge in [-0.25, -0.2) is 4.79 Å². The molecule has 0 unspecified atom stereocenters. The molecule has 0 bridgehead atoms. The Labute approximate surface area is 148 Å². The summed E-state index contributed by atoms with van der Waals surface area (Å²) in [6.45, 7) is 1.17. The van der Waals surface area contributed by atoms with Gasteiger partial charge < -0.3 is 20.9 Å². The normalized spacial score (nSPS) is 10.4. The summed E-state index contributed by atoms with van der Waals surface area (Å²) in [5.41, 5.74) is 2.92. The second-order valence-corrected chi connectivity index (χ2v) is 5.96. The molecule has 6 heteroatoms. The van der Waals surface area contributed by atoms with Crippen molar-refractivity contribution in [2.75, 3.05) is 26.0 Å². The molecule has 0 radical (unpaired) electrons. The molecule has 0 aliphatic carbocycles. The van der Waals surface area contributed by atoms with Crippen LogP contribution in [0.15, 0.2) is 54.6 Å². The van der Waals surface area contributed by atoms with Crippen LogP contribution in [0.25, 0.3) is 0 Å². The third-order valence-electron chi connectivity index (χ3n) is 3.52. The molecule has 0 atom stereocenters. The van der Waals surface area contributed by atoms with Crippen molar-refractivity contribution in [2.24, 2.45) is 0 Å². The molecule has 0 aliphatic heterocycles. The van der Waals surface area contributed by atoms with Gasteiger partial charge >= 0.3 is 6.03 Å². The van der Waals surface area contributed by atoms with Gasteiger partial charge in [-0.15, -0.1) is 0 Å². The maximum atomic E-state index is 11.9. The van der Waals surface area contributed by atoms with Crippen molar-refractivity contribution in [3.8, 4) is 0 Å². The molecule has 3 N–H and O–H groups in total. The Morgan fingerprint density at radius 1 is 0.880 bits per heavy atom. The van der Waals surface area contributed by atoms with Crippen LogP contribution in [0.5, 0.6) is 0 Å². The number of rotatable bonds is 7. The Morgan fingerprint density at radius 2 is 1.52 bits per heavy atom. The van der Waals surface area contributed by atoms with Crippen LogP contribution in [-0.4, -0.2) is 37.5 Å². The van der Waals surface area contributed by atoms with E-state index in [9.17, 15) is 9.59 Å². The lowest BCUT2D eigenvalue weighted by Crippen LogP contribution is -2.38. The summed E-state index contributed by atoms with van der Waals surface area (Å²) in [4.78, 5) is 25.8. The predicted molar refractivity (Wildman–Crippen MR) is 99.1 cm³/mol. The molecule has 0 spiro atoms. The largest absolute Gasteiger partial charge is 0.350 e. The summed E-state index contributed by atoms with van der Waals surface area (Å²) >= 11 is 0. The molecule has 2 aromatic carbocycles. The van der Waals surface area contributed by atoms with Gasteiger partial charge in [0.05, 0.1) is 6.54 Å². The van der Waals surface area contributed by atoms with Gasteiger partial charge in [0.1, 0.15) is 0 Å². The first-order valence-electron chi connectivity index (χ1n) is 8.12. The fraction of sp³-hybridized carbons (Fsp3) is 0.263. The smallest absolute Gasteiger partial charge is 0.319 e. The van der Waals surface area contributed by atoms with Crippen LogP contribution in [-0.2, 0) is 17.9 Å². The zero-order chi connectivity index (χ0) is 18.1. The van der Waals surface area contributed by atoms with Crippen molar-refractivity contribution in [2.45, 2.75) is 13.1 Å². The van der Waals surface area contributed by atoms with Gasteiger partial charge in [0.2, 0.25) is 5.91 Å². The van der Waals surface area contributed by atoms with E-state index >= 15 is 0 Å². The van der Waals surface area contributed by atoms with E-state index in [-0.39, 0.29) is 12.5 Å². The average molecular weight is 340 g/mol. The highest BCUT2D eigenvalue weighted by Crippen LogP contribution is 2.10. The Kier molecular flexibility index (Phi) is 6.98. The molecule has 0 heterocycles. The number of para-hydroxylation sites is 1. The Bertz CT molecular complexity index is 702. The highest BCUT2D eigenvalue weighted by atomic mass is 16.2. The first kappa shape index (κ1) is 18.5. The summed E-state index contributed by atoms with van der Waals surface area (Å²) < 4.78 is 0. The summed E-state index contributed by atoms with van der Waals surface area (Å²) in [5.74, 6) is -0.233. The van der Waals surface area contributed by atoms with Crippen molar-refractivity contribution >= 4 is 17.6 Å². The highest BCUT2D eigenvalue weighted by Gasteiger charge is 2.07. The van der Waals surface area contributed by atoms with Crippen LogP contribution in [0.3, 0.4) is 0 Å². The number of nitrogens with zero attached hydrogens (tertiary/aromatic N) is 1. The molecule has 2 rings (SSSR count). The summed E-state index contributed by atoms with van der Waals surface area (Å²) in [5, 5.41) is 8.04. The van der Waals surface area contributed by atoms with Gasteiger partial charge in [-0.05, 0) is 37.4 Å². The van der Waals surface area contributed by atoms with E-state index in [1.165, 1.54) is 5.56 Å². The lowest BCUT2D eigenvalue weighted by molar-refractivity contribution is -0.120. The van der Waals surface area contributed by atoms with Gasteiger partial charge in [-0.2, -0.15) is 0 Å². The first-order valence-corrected chi connectivity index (χ1v) is 8.12. The molecular weight excluding hydrogens is 316 g/mol. The second kappa shape index (κ2) is 9.44. The van der Waals surface area contributed by atoms with Gasteiger partial charge in [0.15, 0.2) is 0 Å². The van der Waals surface area contributed by atoms with Crippen molar-refractivity contribution < 1.29 is 9.59 Å². The van der Waals surface area contributed by atoms with E-state index in [0.717, 1.165) is 12.1 Å². The molecule has 6 nitrogen and oxygen atoms in total. The van der Waals surface area contributed by atoms with E-state index in [1.54, 1.807) is 12.1 Å². The topological polar surface area (TPSA) is 73.5 Å². The average Bonchev–Trinajstić information content (AvgIpc) is 2.59. The van der Waals surface area contributed by atoms with Gasteiger partial charge in [0, 0.05) is 18.8 Å². The Balaban J connectivity index is 1.76. The minimum Gasteiger partial charge on any atom is -0.350 e. The minimum atomic E-state index is -0.408. The second-order valence-electron chi connectivity index (χ2n) is 5.96. The lowest BCUT2D eigenvalue weighted by Gasteiger charge is -2.15. The maximum Gasteiger partial charge on any atom is 0.319 e. The fourth-order valence-corrected chi connectivity index (χ4v) is 2.34. The SMILES string of the molecule is CN(C)Cc1ccccc1CNC(=O)CNC(=O)Nc1ccccc1. The third kappa shape index (κ3) is 6.64. The van der Waals surface area contributed by atoms with Crippen molar-refractivity contribution in [1.29, 1.82) is 0 Å². The number of anilines is 1. The molecule has 0 aliphatic rings. The van der Waals surface area contributed by atoms with Gasteiger partial charge in [-0.3, -0.25) is 4.79 Å². The van der Waals surface area contributed by atoms with Crippen LogP contribution in [0, 0.1) is 0 Å². The number of hydrogen-bond acceptors (Lipinski definition) is 3. The van der Waals surface area contributed by atoms with Crippen molar-refractivity contribution in [3.05, 3.63) is 65.7 Å². The molecule has 0 saturated heterocycles. The monoisotopic (exact) mass is 340 g/mol. The third-order valence-corrected chi connectivity index (χ3v) is 3.52. The summed E-state index contributed by atoms with van der Waals surface area (Å²) in [6.07, 6.45) is 0. The van der Waals surface area contributed by atoms with E-state index in [1.807, 2.05) is 56.6 Å². The molecular formula is C19H24N4O2. The molecule has 0 fully saturated rings. The van der Waals surface area contributed by atoms with E-state index in [0.29, 0.717) is 12.2 Å². The summed E-state index contributed by atoms with van der Waals surface area (Å²) in [7, 11) is 4.01. The highest BCUT2D eigenvalue weighted by molar-refractivity contribution is 5.92. The van der Waals surface area contributed by atoms with E-state index < -0.39 is 6.03 Å². The van der Waals surface area contributed by atoms with Gasteiger partial charge in [0.25, 0.3) is 0 Å². The van der Waals surface area contributed by atoms with E-state index in [2.05, 4.69) is 20.9 Å². The molecule has 132 valence electrons. The molecule has 25 heavy (non-hydrogen) atoms. The quantitative estimate of drug-likeness (QED) is 0.723. The zero-order valence-corrected chi connectivity index (χ0v) is 14.6. The number of carbonyl (C=O) groups is 2. The van der Waals surface area contributed by atoms with Crippen molar-refractivity contribution in [3.63, 3.8) is 0 Å². The number of urea groups is 1. The predicted octanol–water partition coefficient (Wildman–Crippen LogP) is 2.19. The lowest BCUT2D eigenvalue weighted by atomic mass is 10.1. The fourth-order valence-electron chi connectivity index (χ4n) is 2.34. The molecule has 0 saturated carbocycles. The van der Waals surface area contributed by atoms with Gasteiger partial charge in [-0.1, -0.05) is 42.5 Å². The zero-order valence-electron chi connectivity index (χ0n) is 14.6. The molecule has 0 aromatic heterocycles. The standard InChI is InChI=1S/C19H24N4O2/c1-23(2)14-16-9-7-6-8-15(16)12-20-18(24)13-21-19(25)22-17-10-4-3-5-11-17/h3-11H,12-14H2,1-2H3,(H,20,24)(H2,21,22,25). The van der Waals surface area contributed by atoms with Crippen LogP contribution in [0.4, 0.5) is 10.5 Å². The van der Waals surface area contributed by atoms with Crippen LogP contribution in [0.1, 0.15) is 11.1 Å². The number of nitrogens with one attached hydrogen (secondary N) is 3. The molecule has 2 aromatic rings. The van der Waals surface area contributed by atoms with E-state index in [4.69, 9.17) is 0 Å². The Hall–Kier alpha value is -2.86. The Morgan fingerprint density at radius 3 is 2.20 bits per heavy atom. The minimum absolute atomic E-state index is 0.0749. The first-order chi connectivity index (χ1) is 12.0. The number of benzene rings is 2. The molecule has 3 amide bonds. The van der Waals surface area contributed by atoms with Crippen molar-refractivity contribution in [1.82, 2.24) is 15.5 Å².